The van der Waals surface area contributed by atoms with Gasteiger partial charge in [0.2, 0.25) is 0 Å². The van der Waals surface area contributed by atoms with Gasteiger partial charge in [0.15, 0.2) is 0 Å². The van der Waals surface area contributed by atoms with Gasteiger partial charge in [0, 0.05) is 22.0 Å². The van der Waals surface area contributed by atoms with Gasteiger partial charge in [0.25, 0.3) is 0 Å². The van der Waals surface area contributed by atoms with E-state index in [1.807, 2.05) is 6.07 Å². The van der Waals surface area contributed by atoms with Gasteiger partial charge in [-0.15, -0.1) is 0 Å². The highest BCUT2D eigenvalue weighted by molar-refractivity contribution is 6.00. The second-order valence-electron chi connectivity index (χ2n) is 10.5. The standard InChI is InChI=1S/C30H38O4/c1-5-7-8-9-10-17-34-25-19-24-23(29(3)15-12-16-30(24,4)28(29)33)18-22(25)26-20(6-2)13-11-14-21(26)27(31)32/h6,11,13-14,18-19,28,33H,2,5,7-10,12,15-17H2,1,3-4H3,(H,31,32). The molecule has 0 spiro atoms. The summed E-state index contributed by atoms with van der Waals surface area (Å²) in [5, 5.41) is 21.4. The van der Waals surface area contributed by atoms with Crippen LogP contribution in [0.25, 0.3) is 17.2 Å². The molecule has 182 valence electrons. The first-order valence-electron chi connectivity index (χ1n) is 12.8. The number of aliphatic hydroxyl groups excluding tert-OH is 1. The van der Waals surface area contributed by atoms with Crippen LogP contribution in [0.3, 0.4) is 0 Å². The van der Waals surface area contributed by atoms with Crippen molar-refractivity contribution in [2.45, 2.75) is 89.1 Å². The summed E-state index contributed by atoms with van der Waals surface area (Å²) in [7, 11) is 0. The van der Waals surface area contributed by atoms with E-state index in [1.165, 1.54) is 19.3 Å². The zero-order valence-electron chi connectivity index (χ0n) is 20.8. The minimum absolute atomic E-state index is 0.239. The number of aromatic carboxylic acids is 1. The Morgan fingerprint density at radius 3 is 2.44 bits per heavy atom. The Hall–Kier alpha value is -2.59. The largest absolute Gasteiger partial charge is 0.493 e. The summed E-state index contributed by atoms with van der Waals surface area (Å²) >= 11 is 0. The molecule has 0 radical (unpaired) electrons. The highest BCUT2D eigenvalue weighted by Gasteiger charge is 2.57. The van der Waals surface area contributed by atoms with Crippen LogP contribution in [0.1, 0.15) is 99.2 Å². The maximum Gasteiger partial charge on any atom is 0.336 e. The molecule has 2 N–H and O–H groups in total. The van der Waals surface area contributed by atoms with Crippen LogP contribution in [0.15, 0.2) is 36.9 Å². The lowest BCUT2D eigenvalue weighted by Gasteiger charge is -2.41. The molecule has 3 unspecified atom stereocenters. The predicted molar refractivity (Wildman–Crippen MR) is 138 cm³/mol. The summed E-state index contributed by atoms with van der Waals surface area (Å²) in [5.74, 6) is -0.266. The third-order valence-electron chi connectivity index (χ3n) is 8.27. The Labute approximate surface area is 203 Å². The number of fused-ring (bicyclic) bond motifs is 5. The van der Waals surface area contributed by atoms with E-state index in [4.69, 9.17) is 4.74 Å². The molecule has 1 saturated carbocycles. The van der Waals surface area contributed by atoms with E-state index in [1.54, 1.807) is 18.2 Å². The average molecular weight is 463 g/mol. The van der Waals surface area contributed by atoms with Crippen molar-refractivity contribution in [1.82, 2.24) is 0 Å². The van der Waals surface area contributed by atoms with Crippen molar-refractivity contribution < 1.29 is 19.7 Å². The number of carbonyl (C=O) groups is 1. The van der Waals surface area contributed by atoms with E-state index >= 15 is 0 Å². The zero-order chi connectivity index (χ0) is 24.5. The molecule has 2 aliphatic rings. The third-order valence-corrected chi connectivity index (χ3v) is 8.27. The van der Waals surface area contributed by atoms with Crippen LogP contribution in [0.4, 0.5) is 0 Å². The van der Waals surface area contributed by atoms with E-state index in [9.17, 15) is 15.0 Å². The van der Waals surface area contributed by atoms with Crippen molar-refractivity contribution in [2.75, 3.05) is 6.61 Å². The number of benzene rings is 2. The predicted octanol–water partition coefficient (Wildman–Crippen LogP) is 7.12. The maximum absolute atomic E-state index is 12.2. The van der Waals surface area contributed by atoms with Crippen molar-refractivity contribution in [3.05, 3.63) is 59.2 Å². The molecular weight excluding hydrogens is 424 g/mol. The van der Waals surface area contributed by atoms with Crippen molar-refractivity contribution in [1.29, 1.82) is 0 Å². The number of rotatable bonds is 10. The molecule has 2 bridgehead atoms. The molecule has 1 fully saturated rings. The van der Waals surface area contributed by atoms with E-state index in [2.05, 4.69) is 39.5 Å². The number of hydrogen-bond acceptors (Lipinski definition) is 3. The minimum atomic E-state index is -0.971. The van der Waals surface area contributed by atoms with Gasteiger partial charge in [-0.25, -0.2) is 4.79 Å². The van der Waals surface area contributed by atoms with Gasteiger partial charge in [-0.1, -0.05) is 77.7 Å². The highest BCUT2D eigenvalue weighted by atomic mass is 16.5. The first-order valence-corrected chi connectivity index (χ1v) is 12.8. The highest BCUT2D eigenvalue weighted by Crippen LogP contribution is 2.59. The molecule has 0 saturated heterocycles. The van der Waals surface area contributed by atoms with Gasteiger partial charge in [-0.2, -0.15) is 0 Å². The number of unbranched alkanes of at least 4 members (excludes halogenated alkanes) is 4. The zero-order valence-corrected chi connectivity index (χ0v) is 20.8. The molecule has 0 amide bonds. The monoisotopic (exact) mass is 462 g/mol. The lowest BCUT2D eigenvalue weighted by atomic mass is 9.66. The van der Waals surface area contributed by atoms with Gasteiger partial charge in [-0.05, 0) is 54.2 Å². The van der Waals surface area contributed by atoms with Gasteiger partial charge < -0.3 is 14.9 Å². The number of carboxylic acid groups (broad SMARTS) is 1. The van der Waals surface area contributed by atoms with Gasteiger partial charge in [-0.3, -0.25) is 0 Å². The van der Waals surface area contributed by atoms with Crippen LogP contribution in [0.2, 0.25) is 0 Å². The number of hydrogen-bond donors (Lipinski definition) is 2. The van der Waals surface area contributed by atoms with Gasteiger partial charge in [0.05, 0.1) is 18.3 Å². The summed E-state index contributed by atoms with van der Waals surface area (Å²) in [6.07, 6.45) is 9.87. The van der Waals surface area contributed by atoms with Crippen molar-refractivity contribution in [2.24, 2.45) is 0 Å². The molecule has 0 aliphatic heterocycles. The summed E-state index contributed by atoms with van der Waals surface area (Å²) in [4.78, 5) is 12.2. The molecule has 0 heterocycles. The fourth-order valence-corrected chi connectivity index (χ4v) is 6.31. The van der Waals surface area contributed by atoms with E-state index in [0.29, 0.717) is 17.9 Å². The van der Waals surface area contributed by atoms with Crippen molar-refractivity contribution in [3.63, 3.8) is 0 Å². The molecule has 4 nitrogen and oxygen atoms in total. The number of carboxylic acids is 1. The van der Waals surface area contributed by atoms with Crippen LogP contribution in [0, 0.1) is 0 Å². The molecular formula is C30H38O4. The average Bonchev–Trinajstić information content (AvgIpc) is 2.91. The van der Waals surface area contributed by atoms with Gasteiger partial charge in [0.1, 0.15) is 5.75 Å². The van der Waals surface area contributed by atoms with Crippen molar-refractivity contribution in [3.8, 4) is 16.9 Å². The van der Waals surface area contributed by atoms with Gasteiger partial charge >= 0.3 is 5.97 Å². The summed E-state index contributed by atoms with van der Waals surface area (Å²) in [6.45, 7) is 11.0. The summed E-state index contributed by atoms with van der Waals surface area (Å²) < 4.78 is 6.38. The van der Waals surface area contributed by atoms with E-state index in [-0.39, 0.29) is 16.4 Å². The van der Waals surface area contributed by atoms with Crippen LogP contribution < -0.4 is 4.74 Å². The molecule has 34 heavy (non-hydrogen) atoms. The molecule has 0 aromatic heterocycles. The Morgan fingerprint density at radius 1 is 1.12 bits per heavy atom. The third kappa shape index (κ3) is 3.96. The maximum atomic E-state index is 12.2. The quantitative estimate of drug-likeness (QED) is 0.369. The molecule has 2 aromatic rings. The molecule has 4 heteroatoms. The summed E-state index contributed by atoms with van der Waals surface area (Å²) in [6, 6.07) is 9.50. The first-order chi connectivity index (χ1) is 16.3. The van der Waals surface area contributed by atoms with E-state index in [0.717, 1.165) is 54.4 Å². The smallest absolute Gasteiger partial charge is 0.336 e. The van der Waals surface area contributed by atoms with Crippen LogP contribution in [-0.2, 0) is 10.8 Å². The molecule has 2 aliphatic carbocycles. The minimum Gasteiger partial charge on any atom is -0.493 e. The normalized spacial score (nSPS) is 25.1. The molecule has 2 aromatic carbocycles. The fraction of sp³-hybridized carbons (Fsp3) is 0.500. The Balaban J connectivity index is 1.85. The second kappa shape index (κ2) is 9.58. The lowest BCUT2D eigenvalue weighted by Crippen LogP contribution is -2.46. The first kappa shape index (κ1) is 24.5. The Kier molecular flexibility index (Phi) is 6.91. The van der Waals surface area contributed by atoms with Crippen LogP contribution >= 0.6 is 0 Å². The fourth-order valence-electron chi connectivity index (χ4n) is 6.31. The Bertz CT molecular complexity index is 1090. The SMILES string of the molecule is C=Cc1cccc(C(=O)O)c1-c1cc2c(cc1OCCCCCCC)C1(C)CCCC2(C)C1O. The van der Waals surface area contributed by atoms with E-state index < -0.39 is 12.1 Å². The van der Waals surface area contributed by atoms with Crippen LogP contribution in [0.5, 0.6) is 5.75 Å². The molecule has 3 atom stereocenters. The molecule has 4 rings (SSSR count). The lowest BCUT2D eigenvalue weighted by molar-refractivity contribution is 0.00835. The second-order valence-corrected chi connectivity index (χ2v) is 10.5. The number of aliphatic hydroxyl groups is 1. The Morgan fingerprint density at radius 2 is 1.79 bits per heavy atom. The summed E-state index contributed by atoms with van der Waals surface area (Å²) in [5.41, 5.74) is 4.05. The number of ether oxygens (including phenoxy) is 1. The topological polar surface area (TPSA) is 66.8 Å². The van der Waals surface area contributed by atoms with Crippen molar-refractivity contribution >= 4 is 12.0 Å². The van der Waals surface area contributed by atoms with Crippen LogP contribution in [-0.4, -0.2) is 28.9 Å².